The number of carbonyl (C=O) groups excluding carboxylic acids is 1. The lowest BCUT2D eigenvalue weighted by Crippen LogP contribution is -2.51. The molecule has 1 saturated heterocycles. The largest absolute Gasteiger partial charge is 0.394 e. The minimum Gasteiger partial charge on any atom is -0.394 e. The third kappa shape index (κ3) is 3.65. The van der Waals surface area contributed by atoms with Crippen molar-refractivity contribution in [2.75, 3.05) is 23.4 Å². The highest BCUT2D eigenvalue weighted by Crippen LogP contribution is 2.42. The molecule has 0 bridgehead atoms. The number of aromatic nitrogens is 2. The molecule has 2 heterocycles. The number of carbonyl (C=O) groups is 1. The van der Waals surface area contributed by atoms with E-state index in [1.165, 1.54) is 11.3 Å². The van der Waals surface area contributed by atoms with E-state index in [0.29, 0.717) is 11.0 Å². The van der Waals surface area contributed by atoms with Crippen LogP contribution in [0.25, 0.3) is 0 Å². The minimum atomic E-state index is -0.216. The molecule has 0 radical (unpaired) electrons. The lowest BCUT2D eigenvalue weighted by Gasteiger charge is -2.41. The summed E-state index contributed by atoms with van der Waals surface area (Å²) in [4.78, 5) is 14.7. The Labute approximate surface area is 154 Å². The molecular formula is C17H20N4O2S2. The first-order valence-corrected chi connectivity index (χ1v) is 10.4. The molecule has 8 heteroatoms. The maximum absolute atomic E-state index is 12.9. The van der Waals surface area contributed by atoms with E-state index in [2.05, 4.69) is 15.5 Å². The summed E-state index contributed by atoms with van der Waals surface area (Å²) < 4.78 is 0. The number of hydrogen-bond donors (Lipinski definition) is 2. The van der Waals surface area contributed by atoms with Gasteiger partial charge in [-0.25, -0.2) is 4.79 Å². The summed E-state index contributed by atoms with van der Waals surface area (Å²) in [5.41, 5.74) is 1.08. The molecule has 2 atom stereocenters. The maximum Gasteiger partial charge on any atom is 0.324 e. The van der Waals surface area contributed by atoms with Crippen LogP contribution < -0.4 is 5.32 Å². The Balaban J connectivity index is 1.54. The molecule has 2 N–H and O–H groups in total. The second-order valence-corrected chi connectivity index (χ2v) is 8.44. The topological polar surface area (TPSA) is 78.4 Å². The molecule has 0 spiro atoms. The highest BCUT2D eigenvalue weighted by molar-refractivity contribution is 7.99. The first kappa shape index (κ1) is 16.8. The first-order valence-electron chi connectivity index (χ1n) is 8.42. The van der Waals surface area contributed by atoms with Crippen LogP contribution in [0.2, 0.25) is 0 Å². The van der Waals surface area contributed by atoms with E-state index in [1.54, 1.807) is 16.7 Å². The number of rotatable bonds is 4. The zero-order valence-electron chi connectivity index (χ0n) is 13.7. The molecule has 6 nitrogen and oxygen atoms in total. The smallest absolute Gasteiger partial charge is 0.324 e. The van der Waals surface area contributed by atoms with Gasteiger partial charge in [-0.2, -0.15) is 11.8 Å². The van der Waals surface area contributed by atoms with Crippen molar-refractivity contribution in [3.63, 3.8) is 0 Å². The van der Waals surface area contributed by atoms with Crippen molar-refractivity contribution in [1.29, 1.82) is 0 Å². The Bertz CT molecular complexity index is 735. The van der Waals surface area contributed by atoms with Gasteiger partial charge in [0.1, 0.15) is 5.01 Å². The van der Waals surface area contributed by atoms with Gasteiger partial charge in [-0.05, 0) is 18.4 Å². The SMILES string of the molecule is O=C(Nc1nnc(C2CC2)s1)N1C(CO)CSCC1c1ccccc1. The fourth-order valence-corrected chi connectivity index (χ4v) is 5.20. The summed E-state index contributed by atoms with van der Waals surface area (Å²) in [5.74, 6) is 2.07. The van der Waals surface area contributed by atoms with Crippen LogP contribution >= 0.6 is 23.1 Å². The molecule has 2 aromatic rings. The van der Waals surface area contributed by atoms with Crippen molar-refractivity contribution >= 4 is 34.3 Å². The van der Waals surface area contributed by atoms with Crippen LogP contribution in [0.5, 0.6) is 0 Å². The Hall–Kier alpha value is -1.64. The van der Waals surface area contributed by atoms with Gasteiger partial charge in [-0.1, -0.05) is 41.7 Å². The monoisotopic (exact) mass is 376 g/mol. The highest BCUT2D eigenvalue weighted by atomic mass is 32.2. The van der Waals surface area contributed by atoms with E-state index >= 15 is 0 Å². The summed E-state index contributed by atoms with van der Waals surface area (Å²) in [6, 6.07) is 9.49. The van der Waals surface area contributed by atoms with Gasteiger partial charge >= 0.3 is 6.03 Å². The summed E-state index contributed by atoms with van der Waals surface area (Å²) in [5, 5.41) is 22.5. The predicted molar refractivity (Wildman–Crippen MR) is 100 cm³/mol. The lowest BCUT2D eigenvalue weighted by atomic mass is 10.1. The molecule has 1 aromatic carbocycles. The quantitative estimate of drug-likeness (QED) is 0.857. The number of aliphatic hydroxyl groups is 1. The van der Waals surface area contributed by atoms with E-state index < -0.39 is 0 Å². The average molecular weight is 377 g/mol. The minimum absolute atomic E-state index is 0.0484. The fraction of sp³-hybridized carbons (Fsp3) is 0.471. The van der Waals surface area contributed by atoms with Crippen LogP contribution in [0.1, 0.15) is 35.4 Å². The van der Waals surface area contributed by atoms with Gasteiger partial charge in [-0.15, -0.1) is 10.2 Å². The van der Waals surface area contributed by atoms with Gasteiger partial charge in [0.15, 0.2) is 0 Å². The number of aliphatic hydroxyl groups excluding tert-OH is 1. The van der Waals surface area contributed by atoms with Gasteiger partial charge in [0.25, 0.3) is 0 Å². The standard InChI is InChI=1S/C17H20N4O2S2/c22-8-13-9-24-10-14(11-4-2-1-3-5-11)21(13)17(23)18-16-20-19-15(25-16)12-6-7-12/h1-5,12-14,22H,6-10H2,(H,18,20,23). The molecule has 4 rings (SSSR count). The van der Waals surface area contributed by atoms with E-state index in [1.807, 2.05) is 30.3 Å². The molecule has 2 unspecified atom stereocenters. The van der Waals surface area contributed by atoms with E-state index in [9.17, 15) is 9.90 Å². The number of urea groups is 1. The van der Waals surface area contributed by atoms with E-state index in [4.69, 9.17) is 0 Å². The van der Waals surface area contributed by atoms with Crippen LogP contribution in [-0.4, -0.2) is 50.4 Å². The van der Waals surface area contributed by atoms with E-state index in [-0.39, 0.29) is 24.7 Å². The summed E-state index contributed by atoms with van der Waals surface area (Å²) >= 11 is 3.22. The number of benzene rings is 1. The molecule has 2 aliphatic rings. The highest BCUT2D eigenvalue weighted by Gasteiger charge is 2.36. The van der Waals surface area contributed by atoms with Gasteiger partial charge in [-0.3, -0.25) is 5.32 Å². The average Bonchev–Trinajstić information content (AvgIpc) is 3.41. The second-order valence-electron chi connectivity index (χ2n) is 6.36. The fourth-order valence-electron chi connectivity index (χ4n) is 3.05. The molecule has 1 saturated carbocycles. The predicted octanol–water partition coefficient (Wildman–Crippen LogP) is 3.10. The van der Waals surface area contributed by atoms with Gasteiger partial charge in [0.2, 0.25) is 5.13 Å². The third-order valence-corrected chi connectivity index (χ3v) is 6.70. The molecule has 1 aromatic heterocycles. The van der Waals surface area contributed by atoms with Crippen LogP contribution in [0.15, 0.2) is 30.3 Å². The molecule has 132 valence electrons. The Morgan fingerprint density at radius 1 is 1.24 bits per heavy atom. The molecule has 2 fully saturated rings. The Morgan fingerprint density at radius 2 is 2.04 bits per heavy atom. The van der Waals surface area contributed by atoms with Gasteiger partial charge in [0.05, 0.1) is 18.7 Å². The molecule has 1 aliphatic carbocycles. The van der Waals surface area contributed by atoms with Crippen molar-refractivity contribution in [1.82, 2.24) is 15.1 Å². The number of anilines is 1. The van der Waals surface area contributed by atoms with Crippen molar-refractivity contribution in [2.24, 2.45) is 0 Å². The summed E-state index contributed by atoms with van der Waals surface area (Å²) in [6.45, 7) is -0.0484. The number of amides is 2. The van der Waals surface area contributed by atoms with Crippen LogP contribution in [0.3, 0.4) is 0 Å². The molecule has 1 aliphatic heterocycles. The van der Waals surface area contributed by atoms with Gasteiger partial charge < -0.3 is 10.0 Å². The number of hydrogen-bond acceptors (Lipinski definition) is 6. The lowest BCUT2D eigenvalue weighted by molar-refractivity contribution is 0.125. The third-order valence-electron chi connectivity index (χ3n) is 4.53. The second kappa shape index (κ2) is 7.31. The summed E-state index contributed by atoms with van der Waals surface area (Å²) in [7, 11) is 0. The number of nitrogens with zero attached hydrogens (tertiary/aromatic N) is 3. The zero-order chi connectivity index (χ0) is 17.2. The van der Waals surface area contributed by atoms with Crippen LogP contribution in [0, 0.1) is 0 Å². The Morgan fingerprint density at radius 3 is 2.76 bits per heavy atom. The summed E-state index contributed by atoms with van der Waals surface area (Å²) in [6.07, 6.45) is 2.32. The van der Waals surface area contributed by atoms with Gasteiger partial charge in [0, 0.05) is 17.4 Å². The number of thioether (sulfide) groups is 1. The molecular weight excluding hydrogens is 356 g/mol. The van der Waals surface area contributed by atoms with E-state index in [0.717, 1.165) is 34.9 Å². The van der Waals surface area contributed by atoms with Crippen molar-refractivity contribution in [2.45, 2.75) is 30.8 Å². The van der Waals surface area contributed by atoms with Crippen molar-refractivity contribution in [3.8, 4) is 0 Å². The van der Waals surface area contributed by atoms with Crippen LogP contribution in [0.4, 0.5) is 9.93 Å². The normalized spacial score (nSPS) is 23.5. The van der Waals surface area contributed by atoms with Crippen LogP contribution in [-0.2, 0) is 0 Å². The van der Waals surface area contributed by atoms with Crippen molar-refractivity contribution < 1.29 is 9.90 Å². The molecule has 2 amide bonds. The zero-order valence-corrected chi connectivity index (χ0v) is 15.3. The first-order chi connectivity index (χ1) is 12.3. The van der Waals surface area contributed by atoms with Crippen molar-refractivity contribution in [3.05, 3.63) is 40.9 Å². The number of nitrogens with one attached hydrogen (secondary N) is 1. The molecule has 25 heavy (non-hydrogen) atoms. The maximum atomic E-state index is 12.9. The Kier molecular flexibility index (Phi) is 4.91.